The van der Waals surface area contributed by atoms with Gasteiger partial charge in [0.1, 0.15) is 6.29 Å². The molecule has 116 valence electrons. The maximum Gasteiger partial charge on any atom is 0.407 e. The fourth-order valence-corrected chi connectivity index (χ4v) is 2.94. The second-order valence-corrected chi connectivity index (χ2v) is 6.31. The van der Waals surface area contributed by atoms with Crippen molar-refractivity contribution in [1.82, 2.24) is 4.90 Å². The predicted molar refractivity (Wildman–Crippen MR) is 87.8 cm³/mol. The van der Waals surface area contributed by atoms with Crippen molar-refractivity contribution in [2.45, 2.75) is 12.8 Å². The molecule has 0 heterocycles. The summed E-state index contributed by atoms with van der Waals surface area (Å²) >= 11 is 13.6. The molecule has 1 N–H and O–H groups in total. The van der Waals surface area contributed by atoms with E-state index in [1.165, 1.54) is 4.90 Å². The summed E-state index contributed by atoms with van der Waals surface area (Å²) < 4.78 is 0. The first-order valence-electron chi connectivity index (χ1n) is 6.48. The number of thioether (sulfide) groups is 1. The monoisotopic (exact) mass is 349 g/mol. The number of nitrogens with zero attached hydrogens (tertiary/aromatic N) is 1. The number of hydrogen-bond acceptors (Lipinski definition) is 3. The molecule has 1 amide bonds. The van der Waals surface area contributed by atoms with Crippen molar-refractivity contribution in [3.8, 4) is 0 Å². The molecule has 0 atom stereocenters. The maximum atomic E-state index is 11.2. The van der Waals surface area contributed by atoms with Crippen molar-refractivity contribution in [3.63, 3.8) is 0 Å². The zero-order valence-corrected chi connectivity index (χ0v) is 13.8. The van der Waals surface area contributed by atoms with E-state index in [2.05, 4.69) is 0 Å². The summed E-state index contributed by atoms with van der Waals surface area (Å²) in [5.74, 6) is 1.39. The van der Waals surface area contributed by atoms with Crippen LogP contribution in [-0.4, -0.2) is 47.0 Å². The molecule has 0 unspecified atom stereocenters. The van der Waals surface area contributed by atoms with Gasteiger partial charge in [-0.1, -0.05) is 35.3 Å². The maximum absolute atomic E-state index is 11.2. The van der Waals surface area contributed by atoms with Gasteiger partial charge in [-0.2, -0.15) is 11.8 Å². The van der Waals surface area contributed by atoms with Crippen LogP contribution in [0.25, 0.3) is 0 Å². The average molecular weight is 350 g/mol. The van der Waals surface area contributed by atoms with E-state index in [9.17, 15) is 14.7 Å². The highest BCUT2D eigenvalue weighted by Gasteiger charge is 2.13. The fourth-order valence-electron chi connectivity index (χ4n) is 1.71. The Morgan fingerprint density at radius 2 is 2.05 bits per heavy atom. The van der Waals surface area contributed by atoms with E-state index in [1.54, 1.807) is 23.9 Å². The quantitative estimate of drug-likeness (QED) is 0.543. The van der Waals surface area contributed by atoms with Gasteiger partial charge in [-0.05, 0) is 23.8 Å². The molecule has 0 aliphatic rings. The van der Waals surface area contributed by atoms with Gasteiger partial charge in [-0.15, -0.1) is 0 Å². The third kappa shape index (κ3) is 6.59. The van der Waals surface area contributed by atoms with Crippen LogP contribution in [0.15, 0.2) is 18.2 Å². The molecular weight excluding hydrogens is 333 g/mol. The van der Waals surface area contributed by atoms with Crippen LogP contribution in [0.3, 0.4) is 0 Å². The standard InChI is InChI=1S/C14H17Cl2NO3S/c15-12-4-1-3-11(13(12)16)5-6-17(14(19)20)7-10-21-9-2-8-18/h1,3-4,8H,2,5-7,9-10H2,(H,19,20). The van der Waals surface area contributed by atoms with Crippen LogP contribution in [0, 0.1) is 0 Å². The number of rotatable bonds is 9. The Balaban J connectivity index is 2.45. The number of carboxylic acid groups (broad SMARTS) is 1. The van der Waals surface area contributed by atoms with Crippen LogP contribution in [0.1, 0.15) is 12.0 Å². The highest BCUT2D eigenvalue weighted by molar-refractivity contribution is 7.99. The Kier molecular flexibility index (Phi) is 8.57. The summed E-state index contributed by atoms with van der Waals surface area (Å²) in [6.45, 7) is 0.792. The molecule has 1 aromatic carbocycles. The van der Waals surface area contributed by atoms with E-state index in [4.69, 9.17) is 23.2 Å². The summed E-state index contributed by atoms with van der Waals surface area (Å²) in [6.07, 6.45) is 0.924. The van der Waals surface area contributed by atoms with Crippen LogP contribution >= 0.6 is 35.0 Å². The van der Waals surface area contributed by atoms with Crippen LogP contribution < -0.4 is 0 Å². The molecule has 0 aliphatic heterocycles. The van der Waals surface area contributed by atoms with Crippen molar-refractivity contribution < 1.29 is 14.7 Å². The van der Waals surface area contributed by atoms with Gasteiger partial charge in [0.15, 0.2) is 0 Å². The molecular formula is C14H17Cl2NO3S. The largest absolute Gasteiger partial charge is 0.465 e. The van der Waals surface area contributed by atoms with Crippen LogP contribution in [0.5, 0.6) is 0 Å². The Bertz CT molecular complexity index is 485. The zero-order chi connectivity index (χ0) is 15.7. The normalized spacial score (nSPS) is 10.4. The Morgan fingerprint density at radius 3 is 2.71 bits per heavy atom. The summed E-state index contributed by atoms with van der Waals surface area (Å²) in [7, 11) is 0. The van der Waals surface area contributed by atoms with Crippen molar-refractivity contribution in [1.29, 1.82) is 0 Å². The summed E-state index contributed by atoms with van der Waals surface area (Å²) in [4.78, 5) is 22.7. The first-order valence-corrected chi connectivity index (χ1v) is 8.39. The van der Waals surface area contributed by atoms with Gasteiger partial charge >= 0.3 is 6.09 Å². The van der Waals surface area contributed by atoms with Crippen LogP contribution in [0.4, 0.5) is 4.79 Å². The van der Waals surface area contributed by atoms with Gasteiger partial charge < -0.3 is 14.8 Å². The molecule has 1 rings (SSSR count). The predicted octanol–water partition coefficient (Wildman–Crippen LogP) is 3.84. The Morgan fingerprint density at radius 1 is 1.29 bits per heavy atom. The van der Waals surface area contributed by atoms with E-state index in [0.717, 1.165) is 17.6 Å². The average Bonchev–Trinajstić information content (AvgIpc) is 2.45. The number of aldehydes is 1. The van der Waals surface area contributed by atoms with Crippen LogP contribution in [-0.2, 0) is 11.2 Å². The van der Waals surface area contributed by atoms with Gasteiger partial charge in [0.2, 0.25) is 0 Å². The van der Waals surface area contributed by atoms with Gasteiger partial charge in [0, 0.05) is 25.3 Å². The first-order chi connectivity index (χ1) is 10.1. The van der Waals surface area contributed by atoms with Crippen molar-refractivity contribution >= 4 is 47.3 Å². The van der Waals surface area contributed by atoms with Crippen molar-refractivity contribution in [2.24, 2.45) is 0 Å². The second-order valence-electron chi connectivity index (χ2n) is 4.30. The lowest BCUT2D eigenvalue weighted by Crippen LogP contribution is -2.33. The topological polar surface area (TPSA) is 57.6 Å². The molecule has 7 heteroatoms. The molecule has 0 saturated carbocycles. The van der Waals surface area contributed by atoms with Gasteiger partial charge in [0.25, 0.3) is 0 Å². The summed E-state index contributed by atoms with van der Waals surface area (Å²) in [6, 6.07) is 5.34. The fraction of sp³-hybridized carbons (Fsp3) is 0.429. The third-order valence-electron chi connectivity index (χ3n) is 2.84. The van der Waals surface area contributed by atoms with E-state index in [-0.39, 0.29) is 0 Å². The Hall–Kier alpha value is -0.910. The van der Waals surface area contributed by atoms with Crippen molar-refractivity contribution in [2.75, 3.05) is 24.6 Å². The number of hydrogen-bond donors (Lipinski definition) is 1. The number of halogens is 2. The lowest BCUT2D eigenvalue weighted by atomic mass is 10.1. The third-order valence-corrected chi connectivity index (χ3v) is 4.69. The number of amides is 1. The van der Waals surface area contributed by atoms with Crippen LogP contribution in [0.2, 0.25) is 10.0 Å². The van der Waals surface area contributed by atoms with E-state index in [0.29, 0.717) is 41.7 Å². The van der Waals surface area contributed by atoms with Gasteiger partial charge in [-0.3, -0.25) is 0 Å². The van der Waals surface area contributed by atoms with E-state index in [1.807, 2.05) is 6.07 Å². The minimum absolute atomic E-state index is 0.365. The summed E-state index contributed by atoms with van der Waals surface area (Å²) in [5.41, 5.74) is 0.837. The number of benzene rings is 1. The highest BCUT2D eigenvalue weighted by atomic mass is 35.5. The van der Waals surface area contributed by atoms with Crippen molar-refractivity contribution in [3.05, 3.63) is 33.8 Å². The lowest BCUT2D eigenvalue weighted by Gasteiger charge is -2.19. The number of carbonyl (C=O) groups is 2. The minimum Gasteiger partial charge on any atom is -0.465 e. The SMILES string of the molecule is O=CCCSCCN(CCc1cccc(Cl)c1Cl)C(=O)O. The molecule has 21 heavy (non-hydrogen) atoms. The molecule has 0 radical (unpaired) electrons. The molecule has 4 nitrogen and oxygen atoms in total. The van der Waals surface area contributed by atoms with Gasteiger partial charge in [-0.25, -0.2) is 4.79 Å². The molecule has 0 saturated heterocycles. The highest BCUT2D eigenvalue weighted by Crippen LogP contribution is 2.25. The molecule has 1 aromatic rings. The first kappa shape index (κ1) is 18.1. The smallest absolute Gasteiger partial charge is 0.407 e. The lowest BCUT2D eigenvalue weighted by molar-refractivity contribution is -0.107. The second kappa shape index (κ2) is 9.92. The zero-order valence-electron chi connectivity index (χ0n) is 11.4. The Labute approximate surface area is 138 Å². The molecule has 0 bridgehead atoms. The summed E-state index contributed by atoms with van der Waals surface area (Å²) in [5, 5.41) is 10.1. The molecule has 0 aromatic heterocycles. The molecule has 0 fully saturated rings. The minimum atomic E-state index is -0.955. The van der Waals surface area contributed by atoms with Gasteiger partial charge in [0.05, 0.1) is 10.0 Å². The number of carbonyl (C=O) groups excluding carboxylic acids is 1. The molecule has 0 spiro atoms. The van der Waals surface area contributed by atoms with E-state index >= 15 is 0 Å². The molecule has 0 aliphatic carbocycles. The van der Waals surface area contributed by atoms with E-state index < -0.39 is 6.09 Å².